The molecule has 9 heavy (non-hydrogen) atoms. The zero-order valence-corrected chi connectivity index (χ0v) is 6.79. The van der Waals surface area contributed by atoms with Crippen LogP contribution in [0.25, 0.3) is 0 Å². The number of hydrogen-bond acceptors (Lipinski definition) is 0. The Bertz CT molecular complexity index is 139. The van der Waals surface area contributed by atoms with Gasteiger partial charge in [0, 0.05) is 0 Å². The van der Waals surface area contributed by atoms with Crippen LogP contribution in [0.2, 0.25) is 0 Å². The van der Waals surface area contributed by atoms with Gasteiger partial charge in [0.1, 0.15) is 0 Å². The molecule has 0 aliphatic heterocycles. The third-order valence-corrected chi connectivity index (χ3v) is 0.843. The van der Waals surface area contributed by atoms with Crippen molar-refractivity contribution in [2.45, 2.75) is 0 Å². The molecule has 0 aliphatic rings. The molecule has 0 aromatic heterocycles. The van der Waals surface area contributed by atoms with Crippen LogP contribution in [0.1, 0.15) is 5.56 Å². The summed E-state index contributed by atoms with van der Waals surface area (Å²) in [4.78, 5) is 0. The van der Waals surface area contributed by atoms with Crippen molar-refractivity contribution in [2.24, 2.45) is 0 Å². The Morgan fingerprint density at radius 3 is 1.78 bits per heavy atom. The summed E-state index contributed by atoms with van der Waals surface area (Å²) in [5, 5.41) is 0. The quantitative estimate of drug-likeness (QED) is 0.540. The van der Waals surface area contributed by atoms with Gasteiger partial charge in [0.25, 0.3) is 0 Å². The molecular formula is C7H7ClMn. The molecule has 0 saturated carbocycles. The molecule has 0 bridgehead atoms. The first kappa shape index (κ1) is 9.03. The van der Waals surface area contributed by atoms with Crippen LogP contribution in [-0.2, 0) is 15.1 Å². The molecule has 0 N–H and O–H groups in total. The second kappa shape index (κ2) is 6.15. The van der Waals surface area contributed by atoms with E-state index in [2.05, 4.69) is 32.1 Å². The van der Waals surface area contributed by atoms with Gasteiger partial charge in [0.2, 0.25) is 0 Å². The van der Waals surface area contributed by atoms with Gasteiger partial charge >= 0.3 is 25.2 Å². The second-order valence-electron chi connectivity index (χ2n) is 1.49. The van der Waals surface area contributed by atoms with Gasteiger partial charge in [0.15, 0.2) is 0 Å². The Hall–Kier alpha value is 0.0295. The van der Waals surface area contributed by atoms with Gasteiger partial charge in [-0.05, 0) is 12.5 Å². The summed E-state index contributed by atoms with van der Waals surface area (Å²) in [6.07, 6.45) is 0. The molecular weight excluding hydrogens is 174 g/mol. The van der Waals surface area contributed by atoms with E-state index in [1.165, 1.54) is 0 Å². The van der Waals surface area contributed by atoms with E-state index in [0.29, 0.717) is 0 Å². The minimum absolute atomic E-state index is 1.07. The summed E-state index contributed by atoms with van der Waals surface area (Å²) < 4.78 is 0. The second-order valence-corrected chi connectivity index (χ2v) is 1.49. The molecule has 0 saturated heterocycles. The van der Waals surface area contributed by atoms with E-state index in [0.717, 1.165) is 5.56 Å². The van der Waals surface area contributed by atoms with Gasteiger partial charge in [0.05, 0.1) is 0 Å². The van der Waals surface area contributed by atoms with E-state index in [-0.39, 0.29) is 0 Å². The summed E-state index contributed by atoms with van der Waals surface area (Å²) in [6, 6.07) is 9.87. The molecule has 0 fully saturated rings. The van der Waals surface area contributed by atoms with Crippen molar-refractivity contribution in [2.75, 3.05) is 0 Å². The van der Waals surface area contributed by atoms with Crippen molar-refractivity contribution in [1.29, 1.82) is 0 Å². The van der Waals surface area contributed by atoms with Crippen molar-refractivity contribution in [3.63, 3.8) is 0 Å². The average Bonchev–Trinajstić information content (AvgIpc) is 1.94. The van der Waals surface area contributed by atoms with E-state index in [1.54, 1.807) is 0 Å². The van der Waals surface area contributed by atoms with Gasteiger partial charge in [-0.3, -0.25) is 0 Å². The number of halogens is 1. The summed E-state index contributed by atoms with van der Waals surface area (Å²) in [5.74, 6) is 0. The Morgan fingerprint density at radius 1 is 1.11 bits per heavy atom. The van der Waals surface area contributed by atoms with Gasteiger partial charge < -0.3 is 0 Å². The van der Waals surface area contributed by atoms with E-state index < -0.39 is 0 Å². The number of hydrogen-bond donors (Lipinski definition) is 0. The Labute approximate surface area is 68.3 Å². The van der Waals surface area contributed by atoms with Crippen LogP contribution in [0.5, 0.6) is 0 Å². The normalized spacial score (nSPS) is 7.44. The molecule has 0 atom stereocenters. The zero-order chi connectivity index (χ0) is 7.11. The summed E-state index contributed by atoms with van der Waals surface area (Å²) in [7, 11) is 4.45. The fourth-order valence-corrected chi connectivity index (χ4v) is 0.478. The third-order valence-electron chi connectivity index (χ3n) is 0.843. The van der Waals surface area contributed by atoms with E-state index in [9.17, 15) is 0 Å². The third kappa shape index (κ3) is 4.53. The molecule has 2 heteroatoms. The Balaban J connectivity index is 0.000000291. The monoisotopic (exact) mass is 181 g/mol. The van der Waals surface area contributed by atoms with E-state index in [4.69, 9.17) is 0 Å². The average molecular weight is 182 g/mol. The van der Waals surface area contributed by atoms with Crippen LogP contribution in [-0.4, -0.2) is 0 Å². The topological polar surface area (TPSA) is 0 Å². The van der Waals surface area contributed by atoms with Crippen molar-refractivity contribution < 1.29 is 15.1 Å². The number of rotatable bonds is 0. The maximum absolute atomic E-state index is 4.45. The molecule has 49 valence electrons. The molecule has 0 spiro atoms. The van der Waals surface area contributed by atoms with Crippen LogP contribution in [0.15, 0.2) is 30.3 Å². The molecule has 0 amide bonds. The Morgan fingerprint density at radius 2 is 1.56 bits per heavy atom. The summed E-state index contributed by atoms with van der Waals surface area (Å²) >= 11 is 2.41. The molecule has 1 radical (unpaired) electrons. The van der Waals surface area contributed by atoms with Crippen molar-refractivity contribution in [3.8, 4) is 0 Å². The molecule has 0 unspecified atom stereocenters. The van der Waals surface area contributed by atoms with Crippen LogP contribution in [0.4, 0.5) is 0 Å². The van der Waals surface area contributed by atoms with E-state index >= 15 is 0 Å². The fraction of sp³-hybridized carbons (Fsp3) is 0. The fourth-order valence-electron chi connectivity index (χ4n) is 0.478. The molecule has 1 aromatic rings. The van der Waals surface area contributed by atoms with Crippen molar-refractivity contribution >= 4 is 10.1 Å². The predicted octanol–water partition coefficient (Wildman–Crippen LogP) is 2.56. The molecule has 0 heterocycles. The minimum atomic E-state index is 1.07. The molecule has 1 aromatic carbocycles. The van der Waals surface area contributed by atoms with Gasteiger partial charge in [-0.2, -0.15) is 0 Å². The van der Waals surface area contributed by atoms with E-state index in [1.807, 2.05) is 30.3 Å². The first-order valence-corrected chi connectivity index (χ1v) is 4.03. The summed E-state index contributed by atoms with van der Waals surface area (Å²) in [6.45, 7) is 3.72. The molecule has 0 aliphatic carbocycles. The standard InChI is InChI=1S/C7H7.ClH.Mn/c1-7-5-3-2-4-6-7;;/h2-6H,1H2;1H;/q;;+1/p-1. The molecule has 0 nitrogen and oxygen atoms in total. The van der Waals surface area contributed by atoms with Crippen molar-refractivity contribution in [1.82, 2.24) is 0 Å². The predicted molar refractivity (Wildman–Crippen MR) is 36.8 cm³/mol. The first-order chi connectivity index (χ1) is 4.39. The zero-order valence-electron chi connectivity index (χ0n) is 4.85. The molecule has 1 rings (SSSR count). The van der Waals surface area contributed by atoms with Crippen LogP contribution in [0.3, 0.4) is 0 Å². The Kier molecular flexibility index (Phi) is 6.17. The van der Waals surface area contributed by atoms with Gasteiger partial charge in [-0.1, -0.05) is 30.3 Å². The first-order valence-electron chi connectivity index (χ1n) is 2.41. The van der Waals surface area contributed by atoms with Crippen LogP contribution < -0.4 is 0 Å². The maximum atomic E-state index is 4.45. The van der Waals surface area contributed by atoms with Gasteiger partial charge in [-0.25, -0.2) is 0 Å². The number of benzene rings is 1. The summed E-state index contributed by atoms with van der Waals surface area (Å²) in [5.41, 5.74) is 1.07. The van der Waals surface area contributed by atoms with Crippen LogP contribution >= 0.6 is 10.1 Å². The van der Waals surface area contributed by atoms with Gasteiger partial charge in [-0.15, -0.1) is 0 Å². The SMILES string of the molecule is [CH2]c1ccccc1.[Cl][Mn]. The van der Waals surface area contributed by atoms with Crippen LogP contribution in [0, 0.1) is 6.92 Å². The van der Waals surface area contributed by atoms with Crippen molar-refractivity contribution in [3.05, 3.63) is 42.8 Å².